The molecule has 0 amide bonds. The topological polar surface area (TPSA) is 58.9 Å². The van der Waals surface area contributed by atoms with E-state index in [2.05, 4.69) is 9.89 Å². The Morgan fingerprint density at radius 3 is 2.73 bits per heavy atom. The van der Waals surface area contributed by atoms with Gasteiger partial charge in [-0.1, -0.05) is 17.3 Å². The van der Waals surface area contributed by atoms with Crippen molar-refractivity contribution in [2.75, 3.05) is 6.61 Å². The molecule has 1 aromatic rings. The van der Waals surface area contributed by atoms with Gasteiger partial charge in [0.1, 0.15) is 5.82 Å². The van der Waals surface area contributed by atoms with Gasteiger partial charge in [-0.2, -0.15) is 0 Å². The summed E-state index contributed by atoms with van der Waals surface area (Å²) in [5.74, 6) is -1.50. The Hall–Kier alpha value is -1.91. The van der Waals surface area contributed by atoms with Crippen LogP contribution in [0.15, 0.2) is 29.4 Å². The van der Waals surface area contributed by atoms with E-state index in [9.17, 15) is 9.18 Å². The van der Waals surface area contributed by atoms with E-state index in [-0.39, 0.29) is 12.2 Å². The normalized spacial score (nSPS) is 11.2. The number of halogens is 1. The van der Waals surface area contributed by atoms with E-state index >= 15 is 0 Å². The Bertz CT molecular complexity index is 390. The second kappa shape index (κ2) is 5.09. The smallest absolute Gasteiger partial charge is 0.361 e. The quantitative estimate of drug-likeness (QED) is 0.357. The molecule has 0 fully saturated rings. The van der Waals surface area contributed by atoms with Crippen molar-refractivity contribution < 1.29 is 19.1 Å². The van der Waals surface area contributed by atoms with E-state index in [4.69, 9.17) is 5.21 Å². The first kappa shape index (κ1) is 11.2. The molecule has 0 aliphatic heterocycles. The zero-order valence-electron chi connectivity index (χ0n) is 8.11. The third-order valence-electron chi connectivity index (χ3n) is 1.70. The van der Waals surface area contributed by atoms with Crippen LogP contribution < -0.4 is 0 Å². The van der Waals surface area contributed by atoms with Crippen molar-refractivity contribution in [3.63, 3.8) is 0 Å². The van der Waals surface area contributed by atoms with E-state index in [1.807, 2.05) is 0 Å². The van der Waals surface area contributed by atoms with Crippen LogP contribution in [0.25, 0.3) is 0 Å². The second-order valence-electron chi connectivity index (χ2n) is 2.65. The molecule has 0 unspecified atom stereocenters. The first-order valence-corrected chi connectivity index (χ1v) is 4.34. The molecule has 5 heteroatoms. The maximum atomic E-state index is 13.2. The maximum absolute atomic E-state index is 13.2. The van der Waals surface area contributed by atoms with Crippen LogP contribution >= 0.6 is 0 Å². The fraction of sp³-hybridized carbons (Fsp3) is 0.200. The molecule has 1 rings (SSSR count). The number of oxime groups is 1. The van der Waals surface area contributed by atoms with Crippen LogP contribution in [0.3, 0.4) is 0 Å². The Balaban J connectivity index is 3.04. The van der Waals surface area contributed by atoms with Gasteiger partial charge < -0.3 is 9.94 Å². The molecule has 0 radical (unpaired) electrons. The molecular weight excluding hydrogens is 201 g/mol. The third-order valence-corrected chi connectivity index (χ3v) is 1.70. The summed E-state index contributed by atoms with van der Waals surface area (Å²) in [6.07, 6.45) is 0. The number of carbonyl (C=O) groups excluding carboxylic acids is 1. The van der Waals surface area contributed by atoms with Gasteiger partial charge in [0.05, 0.1) is 6.61 Å². The van der Waals surface area contributed by atoms with Crippen molar-refractivity contribution in [3.05, 3.63) is 35.6 Å². The van der Waals surface area contributed by atoms with Gasteiger partial charge in [-0.25, -0.2) is 9.18 Å². The van der Waals surface area contributed by atoms with Crippen LogP contribution in [0.2, 0.25) is 0 Å². The van der Waals surface area contributed by atoms with Gasteiger partial charge >= 0.3 is 5.97 Å². The van der Waals surface area contributed by atoms with Crippen LogP contribution in [-0.4, -0.2) is 23.5 Å². The lowest BCUT2D eigenvalue weighted by atomic mass is 10.1. The van der Waals surface area contributed by atoms with Gasteiger partial charge in [-0.15, -0.1) is 0 Å². The minimum atomic E-state index is -0.856. The molecule has 0 heterocycles. The van der Waals surface area contributed by atoms with Gasteiger partial charge in [0.15, 0.2) is 5.71 Å². The highest BCUT2D eigenvalue weighted by Crippen LogP contribution is 2.08. The highest BCUT2D eigenvalue weighted by molar-refractivity contribution is 6.43. The van der Waals surface area contributed by atoms with E-state index in [0.717, 1.165) is 0 Å². The average Bonchev–Trinajstić information content (AvgIpc) is 2.22. The van der Waals surface area contributed by atoms with Gasteiger partial charge in [0.25, 0.3) is 0 Å². The molecule has 80 valence electrons. The molecule has 4 nitrogen and oxygen atoms in total. The summed E-state index contributed by atoms with van der Waals surface area (Å²) in [6, 6.07) is 5.50. The zero-order valence-corrected chi connectivity index (χ0v) is 8.11. The van der Waals surface area contributed by atoms with E-state index in [1.54, 1.807) is 6.92 Å². The fourth-order valence-corrected chi connectivity index (χ4v) is 1.06. The number of hydrogen-bond donors (Lipinski definition) is 1. The largest absolute Gasteiger partial charge is 0.461 e. The SMILES string of the molecule is CCOC(=O)/C(=N\O)c1ccccc1F. The van der Waals surface area contributed by atoms with E-state index < -0.39 is 17.5 Å². The fourth-order valence-electron chi connectivity index (χ4n) is 1.06. The Morgan fingerprint density at radius 2 is 2.20 bits per heavy atom. The molecule has 1 aromatic carbocycles. The molecule has 0 bridgehead atoms. The number of carbonyl (C=O) groups is 1. The predicted octanol–water partition coefficient (Wildman–Crippen LogP) is 1.57. The molecule has 0 saturated carbocycles. The number of ether oxygens (including phenoxy) is 1. The molecule has 0 saturated heterocycles. The van der Waals surface area contributed by atoms with Crippen molar-refractivity contribution in [1.29, 1.82) is 0 Å². The average molecular weight is 211 g/mol. The summed E-state index contributed by atoms with van der Waals surface area (Å²) >= 11 is 0. The molecule has 15 heavy (non-hydrogen) atoms. The minimum absolute atomic E-state index is 0.0848. The van der Waals surface area contributed by atoms with Gasteiger partial charge in [0, 0.05) is 5.56 Å². The number of hydrogen-bond acceptors (Lipinski definition) is 4. The van der Waals surface area contributed by atoms with Gasteiger partial charge in [0.2, 0.25) is 0 Å². The lowest BCUT2D eigenvalue weighted by molar-refractivity contribution is -0.135. The van der Waals surface area contributed by atoms with Crippen molar-refractivity contribution in [3.8, 4) is 0 Å². The molecule has 0 aliphatic carbocycles. The zero-order chi connectivity index (χ0) is 11.3. The van der Waals surface area contributed by atoms with Crippen LogP contribution in [-0.2, 0) is 9.53 Å². The minimum Gasteiger partial charge on any atom is -0.461 e. The van der Waals surface area contributed by atoms with E-state index in [1.165, 1.54) is 24.3 Å². The first-order chi connectivity index (χ1) is 7.20. The maximum Gasteiger partial charge on any atom is 0.361 e. The number of nitrogens with zero attached hydrogens (tertiary/aromatic N) is 1. The first-order valence-electron chi connectivity index (χ1n) is 4.34. The van der Waals surface area contributed by atoms with Crippen molar-refractivity contribution in [1.82, 2.24) is 0 Å². The van der Waals surface area contributed by atoms with Crippen molar-refractivity contribution in [2.24, 2.45) is 5.16 Å². The summed E-state index contributed by atoms with van der Waals surface area (Å²) < 4.78 is 17.8. The molecule has 0 aliphatic rings. The summed E-state index contributed by atoms with van der Waals surface area (Å²) in [4.78, 5) is 11.2. The van der Waals surface area contributed by atoms with Crippen LogP contribution in [0.4, 0.5) is 4.39 Å². The number of rotatable bonds is 3. The molecule has 0 aromatic heterocycles. The molecular formula is C10H10FNO3. The summed E-state index contributed by atoms with van der Waals surface area (Å²) in [7, 11) is 0. The summed E-state index contributed by atoms with van der Waals surface area (Å²) in [6.45, 7) is 1.74. The lowest BCUT2D eigenvalue weighted by Gasteiger charge is -2.04. The van der Waals surface area contributed by atoms with E-state index in [0.29, 0.717) is 0 Å². The second-order valence-corrected chi connectivity index (χ2v) is 2.65. The number of esters is 1. The molecule has 1 N–H and O–H groups in total. The van der Waals surface area contributed by atoms with Crippen LogP contribution in [0.1, 0.15) is 12.5 Å². The molecule has 0 atom stereocenters. The van der Waals surface area contributed by atoms with Crippen molar-refractivity contribution >= 4 is 11.7 Å². The lowest BCUT2D eigenvalue weighted by Crippen LogP contribution is -2.20. The standard InChI is InChI=1S/C10H10FNO3/c1-2-15-10(13)9(12-14)7-5-3-4-6-8(7)11/h3-6,14H,2H2,1H3/b12-9-. The third kappa shape index (κ3) is 2.52. The monoisotopic (exact) mass is 211 g/mol. The van der Waals surface area contributed by atoms with Gasteiger partial charge in [-0.05, 0) is 19.1 Å². The van der Waals surface area contributed by atoms with Crippen LogP contribution in [0.5, 0.6) is 0 Å². The Kier molecular flexibility index (Phi) is 3.79. The van der Waals surface area contributed by atoms with Gasteiger partial charge in [-0.3, -0.25) is 0 Å². The summed E-state index contributed by atoms with van der Waals surface area (Å²) in [5, 5.41) is 11.4. The highest BCUT2D eigenvalue weighted by atomic mass is 19.1. The van der Waals surface area contributed by atoms with Crippen LogP contribution in [0, 0.1) is 5.82 Å². The predicted molar refractivity (Wildman–Crippen MR) is 51.4 cm³/mol. The Morgan fingerprint density at radius 1 is 1.53 bits per heavy atom. The highest BCUT2D eigenvalue weighted by Gasteiger charge is 2.19. The Labute approximate surface area is 86.0 Å². The number of benzene rings is 1. The molecule has 0 spiro atoms. The van der Waals surface area contributed by atoms with Crippen molar-refractivity contribution in [2.45, 2.75) is 6.92 Å². The summed E-state index contributed by atoms with van der Waals surface area (Å²) in [5.41, 5.74) is -0.520.